The molecule has 1 unspecified atom stereocenters. The summed E-state index contributed by atoms with van der Waals surface area (Å²) in [6.45, 7) is 1.42. The highest BCUT2D eigenvalue weighted by Crippen LogP contribution is 2.44. The van der Waals surface area contributed by atoms with Gasteiger partial charge in [0, 0.05) is 29.1 Å². The Kier molecular flexibility index (Phi) is 5.04. The first-order valence-electron chi connectivity index (χ1n) is 8.02. The van der Waals surface area contributed by atoms with E-state index in [4.69, 9.17) is 5.11 Å². The summed E-state index contributed by atoms with van der Waals surface area (Å²) in [6, 6.07) is 0.0304. The van der Waals surface area contributed by atoms with Crippen LogP contribution in [-0.4, -0.2) is 40.1 Å². The molecule has 0 saturated heterocycles. The first-order valence-corrected chi connectivity index (χ1v) is 8.90. The van der Waals surface area contributed by atoms with Gasteiger partial charge in [-0.05, 0) is 18.9 Å². The fourth-order valence-corrected chi connectivity index (χ4v) is 4.14. The van der Waals surface area contributed by atoms with Gasteiger partial charge < -0.3 is 14.7 Å². The molecule has 2 heterocycles. The number of carboxylic acids is 1. The maximum Gasteiger partial charge on any atom is 0.573 e. The van der Waals surface area contributed by atoms with Gasteiger partial charge in [0.25, 0.3) is 5.91 Å². The van der Waals surface area contributed by atoms with E-state index in [0.29, 0.717) is 11.3 Å². The average molecular weight is 419 g/mol. The Balaban J connectivity index is 1.99. The summed E-state index contributed by atoms with van der Waals surface area (Å²) in [4.78, 5) is 36.9. The van der Waals surface area contributed by atoms with Crippen LogP contribution in [-0.2, 0) is 9.59 Å². The number of ether oxygens (including phenoxy) is 1. The van der Waals surface area contributed by atoms with Gasteiger partial charge in [0.2, 0.25) is 0 Å². The third kappa shape index (κ3) is 3.66. The number of nitrogens with zero attached hydrogens (tertiary/aromatic N) is 1. The number of halogens is 4. The Labute approximate surface area is 159 Å². The third-order valence-corrected chi connectivity index (χ3v) is 5.28. The fourth-order valence-electron chi connectivity index (χ4n) is 3.39. The number of ketones is 1. The summed E-state index contributed by atoms with van der Waals surface area (Å²) in [5, 5.41) is 9.73. The summed E-state index contributed by atoms with van der Waals surface area (Å²) in [7, 11) is 0. The molecule has 6 nitrogen and oxygen atoms in total. The number of Topliss-reactive ketones (excluding diaryl/α,β-unsaturated/α-hetero) is 1. The average Bonchev–Trinajstić information content (AvgIpc) is 3.12. The van der Waals surface area contributed by atoms with Gasteiger partial charge in [-0.2, -0.15) is 0 Å². The lowest BCUT2D eigenvalue weighted by Crippen LogP contribution is -2.38. The predicted molar refractivity (Wildman–Crippen MR) is 88.3 cm³/mol. The van der Waals surface area contributed by atoms with E-state index >= 15 is 0 Å². The van der Waals surface area contributed by atoms with Crippen molar-refractivity contribution < 1.29 is 41.8 Å². The standard InChI is InChI=1S/C17H13F4NO5S/c1-7-9(5-12(24)25)14-10(2-3-11(23)15(14)18)22(7)16(26)8-4-13(28-6-8)27-17(19,20)21/h4,6,10H,2-3,5H2,1H3,(H,24,25). The van der Waals surface area contributed by atoms with Crippen LogP contribution in [0.4, 0.5) is 17.6 Å². The highest BCUT2D eigenvalue weighted by molar-refractivity contribution is 7.12. The highest BCUT2D eigenvalue weighted by atomic mass is 32.1. The smallest absolute Gasteiger partial charge is 0.481 e. The number of thiophene rings is 1. The summed E-state index contributed by atoms with van der Waals surface area (Å²) in [6.07, 6.45) is -5.58. The van der Waals surface area contributed by atoms with Crippen LogP contribution in [0.1, 0.15) is 36.5 Å². The molecule has 1 atom stereocenters. The predicted octanol–water partition coefficient (Wildman–Crippen LogP) is 3.81. The number of hydrogen-bond acceptors (Lipinski definition) is 5. The van der Waals surface area contributed by atoms with Crippen molar-refractivity contribution in [2.75, 3.05) is 0 Å². The van der Waals surface area contributed by atoms with Gasteiger partial charge in [0.05, 0.1) is 18.0 Å². The molecular formula is C17H13F4NO5S. The molecule has 0 saturated carbocycles. The lowest BCUT2D eigenvalue weighted by Gasteiger charge is -2.29. The molecule has 2 aliphatic rings. The second-order valence-corrected chi connectivity index (χ2v) is 7.09. The Bertz CT molecular complexity index is 930. The highest BCUT2D eigenvalue weighted by Gasteiger charge is 2.44. The van der Waals surface area contributed by atoms with Crippen LogP contribution in [0.3, 0.4) is 0 Å². The molecule has 1 amide bonds. The number of hydrogen-bond donors (Lipinski definition) is 1. The van der Waals surface area contributed by atoms with Gasteiger partial charge >= 0.3 is 12.3 Å². The number of carboxylic acid groups (broad SMARTS) is 1. The Morgan fingerprint density at radius 1 is 1.39 bits per heavy atom. The summed E-state index contributed by atoms with van der Waals surface area (Å²) >= 11 is 0.566. The minimum absolute atomic E-state index is 0.0263. The van der Waals surface area contributed by atoms with Gasteiger partial charge in [-0.15, -0.1) is 24.5 Å². The molecule has 11 heteroatoms. The second-order valence-electron chi connectivity index (χ2n) is 6.22. The minimum Gasteiger partial charge on any atom is -0.481 e. The van der Waals surface area contributed by atoms with Crippen LogP contribution in [0.2, 0.25) is 0 Å². The molecule has 0 radical (unpaired) electrons. The third-order valence-electron chi connectivity index (χ3n) is 4.48. The van der Waals surface area contributed by atoms with E-state index in [-0.39, 0.29) is 35.2 Å². The Morgan fingerprint density at radius 3 is 2.68 bits per heavy atom. The number of aliphatic carboxylic acids is 1. The Morgan fingerprint density at radius 2 is 2.07 bits per heavy atom. The number of alkyl halides is 3. The molecule has 1 aliphatic carbocycles. The van der Waals surface area contributed by atoms with Crippen LogP contribution in [0.5, 0.6) is 5.06 Å². The zero-order valence-corrected chi connectivity index (χ0v) is 15.1. The normalized spacial score (nSPS) is 20.0. The number of fused-ring (bicyclic) bond motifs is 1. The molecule has 1 aromatic rings. The number of carbonyl (C=O) groups is 3. The minimum atomic E-state index is -4.91. The van der Waals surface area contributed by atoms with Crippen LogP contribution in [0.25, 0.3) is 0 Å². The maximum atomic E-state index is 14.5. The van der Waals surface area contributed by atoms with Crippen LogP contribution >= 0.6 is 11.3 Å². The quantitative estimate of drug-likeness (QED) is 0.751. The first kappa shape index (κ1) is 20.1. The molecule has 1 aromatic heterocycles. The van der Waals surface area contributed by atoms with Crippen molar-refractivity contribution in [1.82, 2.24) is 4.90 Å². The SMILES string of the molecule is CC1=C(CC(=O)O)C2=C(F)C(=O)CCC2N1C(=O)c1csc(OC(F)(F)F)c1. The monoisotopic (exact) mass is 419 g/mol. The largest absolute Gasteiger partial charge is 0.573 e. The molecule has 1 N–H and O–H groups in total. The second kappa shape index (κ2) is 7.04. The topological polar surface area (TPSA) is 83.9 Å². The van der Waals surface area contributed by atoms with E-state index in [1.165, 1.54) is 12.3 Å². The van der Waals surface area contributed by atoms with Crippen LogP contribution in [0, 0.1) is 0 Å². The lowest BCUT2D eigenvalue weighted by atomic mass is 9.88. The van der Waals surface area contributed by atoms with Crippen molar-refractivity contribution in [2.24, 2.45) is 0 Å². The van der Waals surface area contributed by atoms with E-state index < -0.39 is 47.4 Å². The van der Waals surface area contributed by atoms with E-state index in [1.807, 2.05) is 0 Å². The first-order chi connectivity index (χ1) is 13.0. The molecule has 3 rings (SSSR count). The van der Waals surface area contributed by atoms with Crippen LogP contribution < -0.4 is 4.74 Å². The van der Waals surface area contributed by atoms with Crippen molar-refractivity contribution in [1.29, 1.82) is 0 Å². The van der Waals surface area contributed by atoms with E-state index in [0.717, 1.165) is 11.0 Å². The zero-order chi connectivity index (χ0) is 20.8. The zero-order valence-electron chi connectivity index (χ0n) is 14.3. The molecular weight excluding hydrogens is 406 g/mol. The summed E-state index contributed by atoms with van der Waals surface area (Å²) in [5.74, 6) is -3.84. The molecule has 1 aliphatic heterocycles. The summed E-state index contributed by atoms with van der Waals surface area (Å²) in [5.41, 5.74) is -0.0662. The molecule has 0 spiro atoms. The Hall–Kier alpha value is -2.69. The lowest BCUT2D eigenvalue weighted by molar-refractivity contribution is -0.273. The number of allylic oxidation sites excluding steroid dienone is 2. The number of amides is 1. The number of rotatable bonds is 4. The summed E-state index contributed by atoms with van der Waals surface area (Å²) < 4.78 is 55.2. The molecule has 0 aromatic carbocycles. The van der Waals surface area contributed by atoms with Gasteiger partial charge in [0.15, 0.2) is 16.7 Å². The van der Waals surface area contributed by atoms with Crippen molar-refractivity contribution >= 4 is 29.0 Å². The van der Waals surface area contributed by atoms with E-state index in [2.05, 4.69) is 4.74 Å². The van der Waals surface area contributed by atoms with E-state index in [9.17, 15) is 31.9 Å². The number of carbonyl (C=O) groups excluding carboxylic acids is 2. The molecule has 28 heavy (non-hydrogen) atoms. The van der Waals surface area contributed by atoms with Gasteiger partial charge in [0.1, 0.15) is 0 Å². The van der Waals surface area contributed by atoms with Gasteiger partial charge in [-0.25, -0.2) is 4.39 Å². The molecule has 0 fully saturated rings. The van der Waals surface area contributed by atoms with Crippen molar-refractivity contribution in [2.45, 2.75) is 38.6 Å². The fraction of sp³-hybridized carbons (Fsp3) is 0.353. The van der Waals surface area contributed by atoms with Gasteiger partial charge in [-0.3, -0.25) is 14.4 Å². The van der Waals surface area contributed by atoms with Gasteiger partial charge in [-0.1, -0.05) is 0 Å². The van der Waals surface area contributed by atoms with E-state index in [1.54, 1.807) is 0 Å². The molecule has 150 valence electrons. The maximum absolute atomic E-state index is 14.5. The molecule has 0 bridgehead atoms. The van der Waals surface area contributed by atoms with Crippen molar-refractivity contribution in [3.05, 3.63) is 39.7 Å². The van der Waals surface area contributed by atoms with Crippen LogP contribution in [0.15, 0.2) is 34.1 Å². The van der Waals surface area contributed by atoms with Crippen molar-refractivity contribution in [3.8, 4) is 5.06 Å². The van der Waals surface area contributed by atoms with Crippen molar-refractivity contribution in [3.63, 3.8) is 0 Å².